The van der Waals surface area contributed by atoms with E-state index in [0.29, 0.717) is 36.3 Å². The maximum atomic E-state index is 13.4. The molecule has 0 radical (unpaired) electrons. The Labute approximate surface area is 365 Å². The number of nitrogens with one attached hydrogen (secondary N) is 1. The smallest absolute Gasteiger partial charge is 0.410 e. The van der Waals surface area contributed by atoms with Gasteiger partial charge in [-0.1, -0.05) is 41.5 Å². The van der Waals surface area contributed by atoms with Crippen molar-refractivity contribution in [1.82, 2.24) is 39.1 Å². The molecule has 0 bridgehead atoms. The molecule has 16 heteroatoms. The minimum Gasteiger partial charge on any atom is -0.444 e. The lowest BCUT2D eigenvalue weighted by atomic mass is 9.92. The summed E-state index contributed by atoms with van der Waals surface area (Å²) in [5, 5.41) is 2.16. The first-order valence-corrected chi connectivity index (χ1v) is 24.7. The van der Waals surface area contributed by atoms with Crippen LogP contribution in [0.1, 0.15) is 86.8 Å². The number of carbonyl (C=O) groups is 1. The third kappa shape index (κ3) is 12.5. The maximum absolute atomic E-state index is 13.4. The molecule has 1 N–H and O–H groups in total. The molecule has 0 spiro atoms. The number of nitrogens with zero attached hydrogens (tertiary/aromatic N) is 7. The number of hydrogen-bond donors (Lipinski definition) is 1. The predicted octanol–water partition coefficient (Wildman–Crippen LogP) is 6.29. The summed E-state index contributed by atoms with van der Waals surface area (Å²) in [4.78, 5) is 28.5. The molecule has 2 fully saturated rings. The standard InChI is InChI=1S/C25H40N4O4S.C20H32N4O2S/c1-24(2,3)16-22-26-20-15-18(9-10-21(20)29(22)14-13-27(7)8)34(31,32)19-11-12-28(17-19)23(30)33-25(4,5)6;1-20(2,3)13-19-22-17-12-15(27(25,26)16-8-9-21-14-16)6-7-18(17)24(19)11-10-23(4)5/h9-10,15,19H,11-14,16-17H2,1-8H3;6-7,12,16,21H,8-11,13-14H2,1-5H3/t19-;16-/m11/s1. The van der Waals surface area contributed by atoms with Gasteiger partial charge in [0.2, 0.25) is 0 Å². The second-order valence-electron chi connectivity index (χ2n) is 20.8. The van der Waals surface area contributed by atoms with E-state index in [0.717, 1.165) is 73.8 Å². The van der Waals surface area contributed by atoms with Crippen LogP contribution in [0.3, 0.4) is 0 Å². The van der Waals surface area contributed by atoms with Gasteiger partial charge in [-0.3, -0.25) is 0 Å². The SMILES string of the molecule is CN(C)CCn1c(CC(C)(C)C)nc2cc(S(=O)(=O)[C@@H]3CCN(C(=O)OC(C)(C)C)C3)ccc21.CN(C)CCn1c(CC(C)(C)C)nc2cc(S(=O)(=O)[C@@H]3CCNC3)ccc21. The van der Waals surface area contributed by atoms with Gasteiger partial charge in [0.1, 0.15) is 17.2 Å². The maximum Gasteiger partial charge on any atom is 0.410 e. The molecular formula is C45H72N8O6S2. The van der Waals surface area contributed by atoms with Gasteiger partial charge in [0.05, 0.1) is 42.4 Å². The van der Waals surface area contributed by atoms with E-state index >= 15 is 0 Å². The van der Waals surface area contributed by atoms with E-state index < -0.39 is 36.6 Å². The predicted molar refractivity (Wildman–Crippen MR) is 245 cm³/mol. The summed E-state index contributed by atoms with van der Waals surface area (Å²) in [6.45, 7) is 23.7. The fourth-order valence-electron chi connectivity index (χ4n) is 7.74. The first-order valence-electron chi connectivity index (χ1n) is 21.6. The molecule has 1 amide bonds. The number of hydrogen-bond acceptors (Lipinski definition) is 11. The Hall–Kier alpha value is -3.57. The van der Waals surface area contributed by atoms with Crippen LogP contribution in [0.15, 0.2) is 46.2 Å². The largest absolute Gasteiger partial charge is 0.444 e. The number of sulfone groups is 2. The molecule has 14 nitrogen and oxygen atoms in total. The molecule has 2 atom stereocenters. The number of fused-ring (bicyclic) bond motifs is 2. The van der Waals surface area contributed by atoms with Gasteiger partial charge in [-0.05, 0) is 116 Å². The third-order valence-electron chi connectivity index (χ3n) is 10.9. The minimum atomic E-state index is -3.61. The van der Waals surface area contributed by atoms with Crippen LogP contribution in [0.25, 0.3) is 22.1 Å². The number of ether oxygens (including phenoxy) is 1. The lowest BCUT2D eigenvalue weighted by Gasteiger charge is -2.24. The van der Waals surface area contributed by atoms with Crippen molar-refractivity contribution in [1.29, 1.82) is 0 Å². The summed E-state index contributed by atoms with van der Waals surface area (Å²) in [5.41, 5.74) is 2.99. The van der Waals surface area contributed by atoms with Gasteiger partial charge in [-0.15, -0.1) is 0 Å². The van der Waals surface area contributed by atoms with Crippen molar-refractivity contribution >= 4 is 47.8 Å². The topological polar surface area (TPSA) is 152 Å². The van der Waals surface area contributed by atoms with Crippen molar-refractivity contribution < 1.29 is 26.4 Å². The van der Waals surface area contributed by atoms with Crippen LogP contribution in [0, 0.1) is 10.8 Å². The van der Waals surface area contributed by atoms with Crippen molar-refractivity contribution in [3.05, 3.63) is 48.0 Å². The zero-order valence-corrected chi connectivity index (χ0v) is 40.6. The Balaban J connectivity index is 0.000000237. The van der Waals surface area contributed by atoms with E-state index in [1.165, 1.54) is 4.90 Å². The Bertz CT molecular complexity index is 2380. The molecule has 61 heavy (non-hydrogen) atoms. The van der Waals surface area contributed by atoms with Crippen molar-refractivity contribution in [2.75, 3.05) is 67.5 Å². The van der Waals surface area contributed by atoms with E-state index in [1.807, 2.05) is 26.2 Å². The summed E-state index contributed by atoms with van der Waals surface area (Å²) in [5.74, 6) is 1.99. The van der Waals surface area contributed by atoms with Gasteiger partial charge < -0.3 is 33.9 Å². The van der Waals surface area contributed by atoms with Crippen LogP contribution in [0.5, 0.6) is 0 Å². The summed E-state index contributed by atoms with van der Waals surface area (Å²) >= 11 is 0. The lowest BCUT2D eigenvalue weighted by molar-refractivity contribution is 0.0295. The monoisotopic (exact) mass is 885 g/mol. The molecule has 2 aliphatic heterocycles. The fraction of sp³-hybridized carbons (Fsp3) is 0.667. The van der Waals surface area contributed by atoms with Gasteiger partial charge in [0.25, 0.3) is 0 Å². The van der Waals surface area contributed by atoms with Crippen molar-refractivity contribution in [2.24, 2.45) is 10.8 Å². The molecule has 4 heterocycles. The first-order chi connectivity index (χ1) is 28.1. The van der Waals surface area contributed by atoms with Crippen LogP contribution in [0.4, 0.5) is 4.79 Å². The van der Waals surface area contributed by atoms with Crippen LogP contribution in [-0.2, 0) is 50.3 Å². The van der Waals surface area contributed by atoms with E-state index in [4.69, 9.17) is 14.7 Å². The van der Waals surface area contributed by atoms with Gasteiger partial charge in [0, 0.05) is 58.7 Å². The molecule has 2 aliphatic rings. The molecule has 0 unspecified atom stereocenters. The highest BCUT2D eigenvalue weighted by atomic mass is 32.2. The zero-order valence-electron chi connectivity index (χ0n) is 39.0. The molecule has 2 aromatic heterocycles. The Morgan fingerprint density at radius 1 is 0.721 bits per heavy atom. The Morgan fingerprint density at radius 3 is 1.57 bits per heavy atom. The minimum absolute atomic E-state index is 0.0567. The lowest BCUT2D eigenvalue weighted by Crippen LogP contribution is -2.36. The number of likely N-dealkylation sites (tertiary alicyclic amines) is 1. The van der Waals surface area contributed by atoms with E-state index in [2.05, 4.69) is 79.9 Å². The Morgan fingerprint density at radius 2 is 1.18 bits per heavy atom. The number of aromatic nitrogens is 4. The van der Waals surface area contributed by atoms with Gasteiger partial charge in [0.15, 0.2) is 19.7 Å². The van der Waals surface area contributed by atoms with Crippen molar-refractivity contribution in [3.63, 3.8) is 0 Å². The first kappa shape index (κ1) is 48.5. The van der Waals surface area contributed by atoms with Crippen LogP contribution < -0.4 is 5.32 Å². The molecule has 6 rings (SSSR count). The second kappa shape index (κ2) is 18.6. The van der Waals surface area contributed by atoms with E-state index in [-0.39, 0.29) is 27.5 Å². The zero-order chi connectivity index (χ0) is 45.3. The highest BCUT2D eigenvalue weighted by Crippen LogP contribution is 2.31. The van der Waals surface area contributed by atoms with Crippen molar-refractivity contribution in [3.8, 4) is 0 Å². The molecule has 2 aromatic carbocycles. The highest BCUT2D eigenvalue weighted by molar-refractivity contribution is 7.92. The average molecular weight is 885 g/mol. The Kier molecular flexibility index (Phi) is 14.8. The molecule has 4 aromatic rings. The molecular weight excluding hydrogens is 813 g/mol. The van der Waals surface area contributed by atoms with Crippen molar-refractivity contribution in [2.45, 2.75) is 127 Å². The number of amides is 1. The fourth-order valence-corrected chi connectivity index (χ4v) is 11.1. The van der Waals surface area contributed by atoms with Gasteiger partial charge in [-0.25, -0.2) is 31.6 Å². The molecule has 0 aliphatic carbocycles. The summed E-state index contributed by atoms with van der Waals surface area (Å²) in [6, 6.07) is 10.7. The number of imidazole rings is 2. The normalized spacial score (nSPS) is 18.1. The van der Waals surface area contributed by atoms with Gasteiger partial charge in [-0.2, -0.15) is 0 Å². The number of likely N-dealkylation sites (N-methyl/N-ethyl adjacent to an activating group) is 2. The average Bonchev–Trinajstić information content (AvgIpc) is 3.94. The van der Waals surface area contributed by atoms with E-state index in [1.54, 1.807) is 45.0 Å². The summed E-state index contributed by atoms with van der Waals surface area (Å²) < 4.78 is 62.6. The van der Waals surface area contributed by atoms with Gasteiger partial charge >= 0.3 is 6.09 Å². The van der Waals surface area contributed by atoms with E-state index in [9.17, 15) is 21.6 Å². The van der Waals surface area contributed by atoms with Crippen LogP contribution in [0.2, 0.25) is 0 Å². The summed E-state index contributed by atoms with van der Waals surface area (Å²) in [7, 11) is 1.26. The number of carbonyl (C=O) groups excluding carboxylic acids is 1. The van der Waals surface area contributed by atoms with Crippen LogP contribution in [-0.4, -0.2) is 140 Å². The quantitative estimate of drug-likeness (QED) is 0.171. The third-order valence-corrected chi connectivity index (χ3v) is 15.2. The number of rotatable bonds is 12. The molecule has 2 saturated heterocycles. The molecule has 0 saturated carbocycles. The molecule has 340 valence electrons. The second-order valence-corrected chi connectivity index (χ2v) is 25.2. The summed E-state index contributed by atoms with van der Waals surface area (Å²) in [6.07, 6.45) is 2.25. The van der Waals surface area contributed by atoms with Crippen LogP contribution >= 0.6 is 0 Å². The highest BCUT2D eigenvalue weighted by Gasteiger charge is 2.38. The number of benzene rings is 2.